The van der Waals surface area contributed by atoms with Crippen LogP contribution in [0, 0.1) is 11.3 Å². The Labute approximate surface area is 115 Å². The first-order chi connectivity index (χ1) is 9.72. The summed E-state index contributed by atoms with van der Waals surface area (Å²) >= 11 is 0. The number of fused-ring (bicyclic) bond motifs is 1. The van der Waals surface area contributed by atoms with Gasteiger partial charge in [0.25, 0.3) is 5.91 Å². The molecule has 0 saturated carbocycles. The maximum absolute atomic E-state index is 11.7. The molecule has 0 atom stereocenters. The number of benzene rings is 1. The Hall–Kier alpha value is -2.94. The molecule has 0 fully saturated rings. The molecule has 0 unspecified atom stereocenters. The molecule has 0 aromatic heterocycles. The van der Waals surface area contributed by atoms with Gasteiger partial charge in [-0.25, -0.2) is 9.98 Å². The van der Waals surface area contributed by atoms with E-state index in [1.807, 2.05) is 12.1 Å². The molecular weight excluding hydrogens is 256 g/mol. The van der Waals surface area contributed by atoms with Gasteiger partial charge in [0.15, 0.2) is 11.5 Å². The van der Waals surface area contributed by atoms with Crippen molar-refractivity contribution in [2.45, 2.75) is 0 Å². The average Bonchev–Trinajstić information content (AvgIpc) is 2.92. The monoisotopic (exact) mass is 266 g/mol. The van der Waals surface area contributed by atoms with Crippen molar-refractivity contribution in [2.24, 2.45) is 9.98 Å². The highest BCUT2D eigenvalue weighted by Crippen LogP contribution is 2.25. The van der Waals surface area contributed by atoms with Crippen molar-refractivity contribution in [1.29, 1.82) is 5.26 Å². The van der Waals surface area contributed by atoms with Crippen molar-refractivity contribution >= 4 is 17.5 Å². The van der Waals surface area contributed by atoms with E-state index in [0.717, 1.165) is 0 Å². The summed E-state index contributed by atoms with van der Waals surface area (Å²) in [6.07, 6.45) is 1.81. The normalized spacial score (nSPS) is 16.4. The van der Waals surface area contributed by atoms with E-state index in [1.54, 1.807) is 18.2 Å². The van der Waals surface area contributed by atoms with Crippen molar-refractivity contribution in [3.05, 3.63) is 41.1 Å². The number of aliphatic imine (C=N–C) groups is 2. The fourth-order valence-corrected chi connectivity index (χ4v) is 2.05. The van der Waals surface area contributed by atoms with Gasteiger partial charge in [0.2, 0.25) is 0 Å². The van der Waals surface area contributed by atoms with Gasteiger partial charge >= 0.3 is 0 Å². The summed E-state index contributed by atoms with van der Waals surface area (Å²) in [5.74, 6) is 0.699. The van der Waals surface area contributed by atoms with E-state index in [9.17, 15) is 4.79 Å². The molecular formula is C14H10N4O2. The Kier molecular flexibility index (Phi) is 2.80. The number of rotatable bonds is 2. The predicted octanol–water partition coefficient (Wildman–Crippen LogP) is 0.782. The number of amidine groups is 1. The minimum atomic E-state index is -0.228. The highest BCUT2D eigenvalue weighted by molar-refractivity contribution is 6.49. The molecule has 0 spiro atoms. The van der Waals surface area contributed by atoms with E-state index in [2.05, 4.69) is 15.3 Å². The second kappa shape index (κ2) is 4.63. The minimum Gasteiger partial charge on any atom is -0.496 e. The van der Waals surface area contributed by atoms with Crippen molar-refractivity contribution in [1.82, 2.24) is 5.32 Å². The van der Waals surface area contributed by atoms with Crippen LogP contribution in [0.1, 0.15) is 11.1 Å². The minimum absolute atomic E-state index is 0.228. The number of hydrogen-bond donors (Lipinski definition) is 1. The van der Waals surface area contributed by atoms with E-state index in [1.165, 1.54) is 7.11 Å². The predicted molar refractivity (Wildman–Crippen MR) is 72.8 cm³/mol. The molecule has 98 valence electrons. The van der Waals surface area contributed by atoms with E-state index < -0.39 is 0 Å². The third-order valence-corrected chi connectivity index (χ3v) is 3.03. The molecule has 1 N–H and O–H groups in total. The van der Waals surface area contributed by atoms with Gasteiger partial charge in [-0.05, 0) is 24.3 Å². The third kappa shape index (κ3) is 1.86. The molecule has 0 radical (unpaired) electrons. The number of carbonyl (C=O) groups excluding carboxylic acids is 1. The molecule has 2 aliphatic rings. The summed E-state index contributed by atoms with van der Waals surface area (Å²) < 4.78 is 5.26. The molecule has 2 aliphatic heterocycles. The molecule has 0 aliphatic carbocycles. The molecule has 3 rings (SSSR count). The zero-order valence-corrected chi connectivity index (χ0v) is 10.7. The average molecular weight is 266 g/mol. The first kappa shape index (κ1) is 12.1. The molecule has 1 aromatic carbocycles. The van der Waals surface area contributed by atoms with E-state index in [-0.39, 0.29) is 5.91 Å². The van der Waals surface area contributed by atoms with Crippen LogP contribution < -0.4 is 10.1 Å². The second-order valence-corrected chi connectivity index (χ2v) is 4.22. The lowest BCUT2D eigenvalue weighted by molar-refractivity contribution is -0.114. The summed E-state index contributed by atoms with van der Waals surface area (Å²) in [7, 11) is 1.52. The molecule has 6 heteroatoms. The standard InChI is InChI=1S/C14H10N4O2/c1-20-11-6-8(7-15)2-3-9(11)13-17-10-4-5-16-14(19)12(10)18-13/h2-4,6H,5H2,1H3,(H,16,19). The van der Waals surface area contributed by atoms with Crippen LogP contribution in [0.25, 0.3) is 0 Å². The summed E-state index contributed by atoms with van der Waals surface area (Å²) in [6, 6.07) is 7.05. The lowest BCUT2D eigenvalue weighted by Crippen LogP contribution is -2.35. The Balaban J connectivity index is 2.08. The Morgan fingerprint density at radius 2 is 2.25 bits per heavy atom. The quantitative estimate of drug-likeness (QED) is 0.858. The summed E-state index contributed by atoms with van der Waals surface area (Å²) in [5, 5.41) is 11.6. The molecule has 2 heterocycles. The maximum Gasteiger partial charge on any atom is 0.272 e. The number of carbonyl (C=O) groups is 1. The highest BCUT2D eigenvalue weighted by Gasteiger charge is 2.27. The Morgan fingerprint density at radius 1 is 1.40 bits per heavy atom. The van der Waals surface area contributed by atoms with Gasteiger partial charge in [0.1, 0.15) is 5.75 Å². The summed E-state index contributed by atoms with van der Waals surface area (Å²) in [4.78, 5) is 20.3. The van der Waals surface area contributed by atoms with E-state index >= 15 is 0 Å². The lowest BCUT2D eigenvalue weighted by Gasteiger charge is -2.07. The SMILES string of the molecule is COc1cc(C#N)ccc1C1=NC2=CCNC(=O)C2=N1. The van der Waals surface area contributed by atoms with Crippen LogP contribution >= 0.6 is 0 Å². The fourth-order valence-electron chi connectivity index (χ4n) is 2.05. The van der Waals surface area contributed by atoms with Crippen molar-refractivity contribution in [2.75, 3.05) is 13.7 Å². The topological polar surface area (TPSA) is 86.8 Å². The Morgan fingerprint density at radius 3 is 2.95 bits per heavy atom. The van der Waals surface area contributed by atoms with Gasteiger partial charge < -0.3 is 10.1 Å². The number of ether oxygens (including phenoxy) is 1. The van der Waals surface area contributed by atoms with Crippen LogP contribution in [0.3, 0.4) is 0 Å². The number of hydrogen-bond acceptors (Lipinski definition) is 5. The Bertz CT molecular complexity index is 738. The van der Waals surface area contributed by atoms with Gasteiger partial charge in [-0.1, -0.05) is 0 Å². The van der Waals surface area contributed by atoms with E-state index in [4.69, 9.17) is 10.00 Å². The number of nitriles is 1. The second-order valence-electron chi connectivity index (χ2n) is 4.22. The molecule has 1 amide bonds. The third-order valence-electron chi connectivity index (χ3n) is 3.03. The molecule has 0 bridgehead atoms. The first-order valence-corrected chi connectivity index (χ1v) is 5.97. The first-order valence-electron chi connectivity index (χ1n) is 5.97. The van der Waals surface area contributed by atoms with Gasteiger partial charge in [-0.15, -0.1) is 0 Å². The van der Waals surface area contributed by atoms with Crippen LogP contribution in [0.2, 0.25) is 0 Å². The van der Waals surface area contributed by atoms with Gasteiger partial charge in [-0.2, -0.15) is 5.26 Å². The fraction of sp³-hybridized carbons (Fsp3) is 0.143. The van der Waals surface area contributed by atoms with Crippen LogP contribution in [0.15, 0.2) is 40.0 Å². The summed E-state index contributed by atoms with van der Waals surface area (Å²) in [6.45, 7) is 0.453. The molecule has 6 nitrogen and oxygen atoms in total. The van der Waals surface area contributed by atoms with Crippen molar-refractivity contribution in [3.63, 3.8) is 0 Å². The van der Waals surface area contributed by atoms with Crippen molar-refractivity contribution in [3.8, 4) is 11.8 Å². The molecule has 20 heavy (non-hydrogen) atoms. The molecule has 1 aromatic rings. The van der Waals surface area contributed by atoms with Gasteiger partial charge in [-0.3, -0.25) is 4.79 Å². The molecule has 0 saturated heterocycles. The number of nitrogens with one attached hydrogen (secondary N) is 1. The van der Waals surface area contributed by atoms with Crippen LogP contribution in [-0.4, -0.2) is 31.1 Å². The van der Waals surface area contributed by atoms with Crippen molar-refractivity contribution < 1.29 is 9.53 Å². The number of methoxy groups -OCH3 is 1. The van der Waals surface area contributed by atoms with Crippen LogP contribution in [0.4, 0.5) is 0 Å². The zero-order chi connectivity index (χ0) is 14.1. The van der Waals surface area contributed by atoms with Gasteiger partial charge in [0.05, 0.1) is 30.0 Å². The highest BCUT2D eigenvalue weighted by atomic mass is 16.5. The number of nitrogens with zero attached hydrogens (tertiary/aromatic N) is 3. The largest absolute Gasteiger partial charge is 0.496 e. The maximum atomic E-state index is 11.7. The smallest absolute Gasteiger partial charge is 0.272 e. The van der Waals surface area contributed by atoms with Gasteiger partial charge in [0, 0.05) is 6.54 Å². The zero-order valence-electron chi connectivity index (χ0n) is 10.7. The lowest BCUT2D eigenvalue weighted by atomic mass is 10.1. The van der Waals surface area contributed by atoms with Crippen LogP contribution in [-0.2, 0) is 4.79 Å². The van der Waals surface area contributed by atoms with Crippen LogP contribution in [0.5, 0.6) is 5.75 Å². The van der Waals surface area contributed by atoms with E-state index in [0.29, 0.717) is 40.7 Å². The number of amides is 1. The summed E-state index contributed by atoms with van der Waals surface area (Å²) in [5.41, 5.74) is 2.04.